The molecule has 0 aliphatic carbocycles. The first-order chi connectivity index (χ1) is 5.72. The summed E-state index contributed by atoms with van der Waals surface area (Å²) in [4.78, 5) is 10.6. The topological polar surface area (TPSA) is 34.9 Å². The Morgan fingerprint density at radius 1 is 1.75 bits per heavy atom. The maximum Gasteiger partial charge on any atom is 0.152 e. The largest absolute Gasteiger partial charge is 0.295 e. The zero-order valence-corrected chi connectivity index (χ0v) is 7.32. The van der Waals surface area contributed by atoms with Crippen LogP contribution in [0.5, 0.6) is 0 Å². The predicted molar refractivity (Wildman–Crippen MR) is 47.6 cm³/mol. The standard InChI is InChI=1S/C9H12N2O/c1-3-11-7-6-9(10-11)5-4-8(2)12/h4-7H,3H2,1-2H3/b5-4+. The molecule has 1 rings (SSSR count). The van der Waals surface area contributed by atoms with Crippen molar-refractivity contribution in [3.63, 3.8) is 0 Å². The number of hydrogen-bond acceptors (Lipinski definition) is 2. The first kappa shape index (κ1) is 8.71. The Labute approximate surface area is 71.7 Å². The minimum Gasteiger partial charge on any atom is -0.295 e. The normalized spacial score (nSPS) is 10.8. The third-order valence-electron chi connectivity index (χ3n) is 1.47. The number of hydrogen-bond donors (Lipinski definition) is 0. The van der Waals surface area contributed by atoms with Crippen molar-refractivity contribution in [3.05, 3.63) is 24.0 Å². The molecule has 3 heteroatoms. The molecule has 3 nitrogen and oxygen atoms in total. The highest BCUT2D eigenvalue weighted by atomic mass is 16.1. The van der Waals surface area contributed by atoms with Gasteiger partial charge in [-0.15, -0.1) is 0 Å². The number of aryl methyl sites for hydroxylation is 1. The summed E-state index contributed by atoms with van der Waals surface area (Å²) in [6.45, 7) is 4.40. The fourth-order valence-corrected chi connectivity index (χ4v) is 0.845. The Morgan fingerprint density at radius 2 is 2.50 bits per heavy atom. The zero-order valence-electron chi connectivity index (χ0n) is 7.32. The second kappa shape index (κ2) is 3.85. The molecule has 0 bridgehead atoms. The molecule has 0 aliphatic rings. The van der Waals surface area contributed by atoms with Crippen molar-refractivity contribution >= 4 is 11.9 Å². The van der Waals surface area contributed by atoms with Gasteiger partial charge in [0.05, 0.1) is 5.69 Å². The number of ketones is 1. The zero-order chi connectivity index (χ0) is 8.97. The molecule has 0 aliphatic heterocycles. The van der Waals surface area contributed by atoms with Gasteiger partial charge in [0.25, 0.3) is 0 Å². The average Bonchev–Trinajstić information content (AvgIpc) is 2.48. The van der Waals surface area contributed by atoms with E-state index in [0.717, 1.165) is 12.2 Å². The van der Waals surface area contributed by atoms with Gasteiger partial charge >= 0.3 is 0 Å². The smallest absolute Gasteiger partial charge is 0.152 e. The monoisotopic (exact) mass is 164 g/mol. The molecule has 0 amide bonds. The van der Waals surface area contributed by atoms with Gasteiger partial charge < -0.3 is 0 Å². The van der Waals surface area contributed by atoms with Crippen molar-refractivity contribution in [1.29, 1.82) is 0 Å². The summed E-state index contributed by atoms with van der Waals surface area (Å²) in [6, 6.07) is 1.88. The van der Waals surface area contributed by atoms with Crippen LogP contribution in [-0.4, -0.2) is 15.6 Å². The van der Waals surface area contributed by atoms with E-state index in [1.54, 1.807) is 6.08 Å². The van der Waals surface area contributed by atoms with E-state index in [1.807, 2.05) is 23.9 Å². The fourth-order valence-electron chi connectivity index (χ4n) is 0.845. The molecule has 1 aromatic heterocycles. The van der Waals surface area contributed by atoms with Gasteiger partial charge in [-0.2, -0.15) is 5.10 Å². The van der Waals surface area contributed by atoms with Crippen molar-refractivity contribution in [1.82, 2.24) is 9.78 Å². The van der Waals surface area contributed by atoms with Crippen LogP contribution in [0.4, 0.5) is 0 Å². The SMILES string of the molecule is CCn1ccc(/C=C/C(C)=O)n1. The number of nitrogens with zero attached hydrogens (tertiary/aromatic N) is 2. The van der Waals surface area contributed by atoms with Gasteiger partial charge in [-0.05, 0) is 32.1 Å². The summed E-state index contributed by atoms with van der Waals surface area (Å²) in [5.41, 5.74) is 0.826. The van der Waals surface area contributed by atoms with Gasteiger partial charge in [0, 0.05) is 12.7 Å². The molecule has 1 heterocycles. The van der Waals surface area contributed by atoms with Crippen molar-refractivity contribution in [2.75, 3.05) is 0 Å². The molecule has 0 unspecified atom stereocenters. The Bertz CT molecular complexity index is 299. The summed E-state index contributed by atoms with van der Waals surface area (Å²) in [5.74, 6) is 0.0426. The van der Waals surface area contributed by atoms with E-state index in [2.05, 4.69) is 5.10 Å². The lowest BCUT2D eigenvalue weighted by atomic mass is 10.3. The van der Waals surface area contributed by atoms with Gasteiger partial charge in [-0.25, -0.2) is 0 Å². The molecule has 0 saturated heterocycles. The average molecular weight is 164 g/mol. The number of aromatic nitrogens is 2. The Hall–Kier alpha value is -1.38. The summed E-state index contributed by atoms with van der Waals surface area (Å²) < 4.78 is 1.82. The third kappa shape index (κ3) is 2.34. The highest BCUT2D eigenvalue weighted by Gasteiger charge is 1.92. The van der Waals surface area contributed by atoms with Crippen LogP contribution in [0.1, 0.15) is 19.5 Å². The third-order valence-corrected chi connectivity index (χ3v) is 1.47. The second-order valence-corrected chi connectivity index (χ2v) is 2.54. The molecule has 0 N–H and O–H groups in total. The highest BCUT2D eigenvalue weighted by Crippen LogP contribution is 1.98. The minimum absolute atomic E-state index is 0.0426. The molecule has 0 atom stereocenters. The summed E-state index contributed by atoms with van der Waals surface area (Å²) in [5, 5.41) is 4.18. The van der Waals surface area contributed by atoms with Gasteiger partial charge in [0.15, 0.2) is 5.78 Å². The summed E-state index contributed by atoms with van der Waals surface area (Å²) in [6.07, 6.45) is 5.12. The molecular formula is C9H12N2O. The molecule has 0 spiro atoms. The van der Waals surface area contributed by atoms with E-state index in [9.17, 15) is 4.79 Å². The predicted octanol–water partition coefficient (Wildman–Crippen LogP) is 1.51. The highest BCUT2D eigenvalue weighted by molar-refractivity contribution is 5.91. The van der Waals surface area contributed by atoms with Crippen molar-refractivity contribution in [2.45, 2.75) is 20.4 Å². The first-order valence-corrected chi connectivity index (χ1v) is 3.94. The Morgan fingerprint density at radius 3 is 3.00 bits per heavy atom. The maximum absolute atomic E-state index is 10.6. The Balaban J connectivity index is 2.70. The van der Waals surface area contributed by atoms with E-state index in [0.29, 0.717) is 0 Å². The van der Waals surface area contributed by atoms with E-state index in [-0.39, 0.29) is 5.78 Å². The quantitative estimate of drug-likeness (QED) is 0.634. The maximum atomic E-state index is 10.6. The van der Waals surface area contributed by atoms with Crippen molar-refractivity contribution in [2.24, 2.45) is 0 Å². The van der Waals surface area contributed by atoms with E-state index >= 15 is 0 Å². The number of rotatable bonds is 3. The van der Waals surface area contributed by atoms with Crippen molar-refractivity contribution in [3.8, 4) is 0 Å². The second-order valence-electron chi connectivity index (χ2n) is 2.54. The van der Waals surface area contributed by atoms with Crippen LogP contribution in [0.15, 0.2) is 18.3 Å². The first-order valence-electron chi connectivity index (χ1n) is 3.94. The number of carbonyl (C=O) groups excluding carboxylic acids is 1. The summed E-state index contributed by atoms with van der Waals surface area (Å²) >= 11 is 0. The van der Waals surface area contributed by atoms with E-state index < -0.39 is 0 Å². The van der Waals surface area contributed by atoms with E-state index in [4.69, 9.17) is 0 Å². The van der Waals surface area contributed by atoms with Gasteiger partial charge in [0.2, 0.25) is 0 Å². The number of allylic oxidation sites excluding steroid dienone is 1. The lowest BCUT2D eigenvalue weighted by Crippen LogP contribution is -1.93. The lowest BCUT2D eigenvalue weighted by molar-refractivity contribution is -0.112. The molecule has 0 radical (unpaired) electrons. The molecule has 0 aromatic carbocycles. The molecule has 12 heavy (non-hydrogen) atoms. The van der Waals surface area contributed by atoms with Crippen molar-refractivity contribution < 1.29 is 4.79 Å². The van der Waals surface area contributed by atoms with Crippen LogP contribution < -0.4 is 0 Å². The fraction of sp³-hybridized carbons (Fsp3) is 0.333. The van der Waals surface area contributed by atoms with Crippen LogP contribution in [-0.2, 0) is 11.3 Å². The molecular weight excluding hydrogens is 152 g/mol. The summed E-state index contributed by atoms with van der Waals surface area (Å²) in [7, 11) is 0. The van der Waals surface area contributed by atoms with Crippen LogP contribution >= 0.6 is 0 Å². The molecule has 64 valence electrons. The van der Waals surface area contributed by atoms with Gasteiger partial charge in [0.1, 0.15) is 0 Å². The molecule has 1 aromatic rings. The van der Waals surface area contributed by atoms with Crippen LogP contribution in [0.25, 0.3) is 6.08 Å². The van der Waals surface area contributed by atoms with Crippen LogP contribution in [0, 0.1) is 0 Å². The number of carbonyl (C=O) groups is 1. The van der Waals surface area contributed by atoms with Gasteiger partial charge in [-0.1, -0.05) is 0 Å². The lowest BCUT2D eigenvalue weighted by Gasteiger charge is -1.89. The Kier molecular flexibility index (Phi) is 2.80. The van der Waals surface area contributed by atoms with E-state index in [1.165, 1.54) is 13.0 Å². The molecule has 0 saturated carbocycles. The molecule has 0 fully saturated rings. The van der Waals surface area contributed by atoms with Crippen LogP contribution in [0.2, 0.25) is 0 Å². The minimum atomic E-state index is 0.0426. The van der Waals surface area contributed by atoms with Crippen LogP contribution in [0.3, 0.4) is 0 Å². The van der Waals surface area contributed by atoms with Gasteiger partial charge in [-0.3, -0.25) is 9.48 Å².